The van der Waals surface area contributed by atoms with Gasteiger partial charge in [-0.2, -0.15) is 9.90 Å². The average Bonchev–Trinajstić information content (AvgIpc) is 1.63. The lowest BCUT2D eigenvalue weighted by Crippen LogP contribution is -2.08. The number of carbonyl (C=O) groups is 1. The van der Waals surface area contributed by atoms with Crippen molar-refractivity contribution in [2.45, 2.75) is 20.0 Å². The molecule has 9 heavy (non-hydrogen) atoms. The Morgan fingerprint density at radius 2 is 2.22 bits per heavy atom. The number of carbonyl (C=O) groups excluding carboxylic acids is 1. The first kappa shape index (κ1) is 8.01. The fourth-order valence-corrected chi connectivity index (χ4v) is 0.462. The molecule has 0 spiro atoms. The Hall–Kier alpha value is -0.990. The van der Waals surface area contributed by atoms with Crippen LogP contribution in [0.2, 0.25) is 0 Å². The largest absolute Gasteiger partial charge is 0.550 e. The van der Waals surface area contributed by atoms with Crippen molar-refractivity contribution < 1.29 is 14.6 Å². The second kappa shape index (κ2) is 3.95. The lowest BCUT2D eigenvalue weighted by atomic mass is 10.4. The molecule has 0 saturated carbocycles. The van der Waals surface area contributed by atoms with Gasteiger partial charge in [-0.25, -0.2) is 0 Å². The van der Waals surface area contributed by atoms with E-state index in [2.05, 4.69) is 4.74 Å². The van der Waals surface area contributed by atoms with E-state index in [4.69, 9.17) is 0 Å². The molecule has 1 radical (unpaired) electrons. The molecule has 1 unspecified atom stereocenters. The van der Waals surface area contributed by atoms with Gasteiger partial charge in [0, 0.05) is 0 Å². The first-order valence-electron chi connectivity index (χ1n) is 2.67. The third-order valence-electron chi connectivity index (χ3n) is 0.746. The standard InChI is InChI=1S/C6H9O3/c1-3-4-5(2)9-6(7)8/h3-5H,1-2H3/b4-3+. The molecular formula is C6H9O3. The molecule has 0 saturated heterocycles. The van der Waals surface area contributed by atoms with Crippen molar-refractivity contribution >= 4 is 6.16 Å². The van der Waals surface area contributed by atoms with Gasteiger partial charge >= 0.3 is 6.16 Å². The molecule has 0 N–H and O–H groups in total. The van der Waals surface area contributed by atoms with Crippen molar-refractivity contribution in [2.24, 2.45) is 0 Å². The summed E-state index contributed by atoms with van der Waals surface area (Å²) in [5, 5.41) is 9.72. The van der Waals surface area contributed by atoms with Crippen LogP contribution >= 0.6 is 0 Å². The minimum absolute atomic E-state index is 0.403. The van der Waals surface area contributed by atoms with Crippen molar-refractivity contribution in [1.82, 2.24) is 0 Å². The highest BCUT2D eigenvalue weighted by molar-refractivity contribution is 5.56. The van der Waals surface area contributed by atoms with E-state index in [1.54, 1.807) is 26.0 Å². The molecule has 0 aromatic rings. The quantitative estimate of drug-likeness (QED) is 0.419. The number of hydrogen-bond acceptors (Lipinski definition) is 2. The molecule has 0 aliphatic heterocycles. The van der Waals surface area contributed by atoms with Gasteiger partial charge in [0.2, 0.25) is 0 Å². The Labute approximate surface area is 53.9 Å². The van der Waals surface area contributed by atoms with Crippen LogP contribution in [0.3, 0.4) is 0 Å². The number of allylic oxidation sites excluding steroid dienone is 1. The molecule has 0 bridgehead atoms. The highest BCUT2D eigenvalue weighted by Crippen LogP contribution is 1.92. The Bertz CT molecular complexity index is 117. The molecule has 0 aliphatic rings. The molecule has 0 aliphatic carbocycles. The maximum Gasteiger partial charge on any atom is 0.550 e. The second-order valence-corrected chi connectivity index (χ2v) is 1.60. The zero-order valence-corrected chi connectivity index (χ0v) is 5.46. The van der Waals surface area contributed by atoms with Crippen LogP contribution < -0.4 is 0 Å². The highest BCUT2D eigenvalue weighted by atomic mass is 16.7. The smallest absolute Gasteiger partial charge is 0.425 e. The number of ether oxygens (including phenoxy) is 1. The summed E-state index contributed by atoms with van der Waals surface area (Å²) < 4.78 is 4.21. The van der Waals surface area contributed by atoms with Crippen molar-refractivity contribution in [1.29, 1.82) is 0 Å². The van der Waals surface area contributed by atoms with Gasteiger partial charge in [-0.05, 0) is 19.9 Å². The summed E-state index contributed by atoms with van der Waals surface area (Å²) in [7, 11) is 0. The summed E-state index contributed by atoms with van der Waals surface area (Å²) in [5.41, 5.74) is 0. The summed E-state index contributed by atoms with van der Waals surface area (Å²) in [6.45, 7) is 3.41. The zero-order chi connectivity index (χ0) is 7.28. The van der Waals surface area contributed by atoms with Gasteiger partial charge < -0.3 is 4.74 Å². The van der Waals surface area contributed by atoms with Crippen LogP contribution in [0, 0.1) is 0 Å². The molecule has 0 rings (SSSR count). The average molecular weight is 129 g/mol. The highest BCUT2D eigenvalue weighted by Gasteiger charge is 2.02. The van der Waals surface area contributed by atoms with Crippen LogP contribution in [0.25, 0.3) is 0 Å². The molecule has 3 heteroatoms. The van der Waals surface area contributed by atoms with Crippen LogP contribution in [0.1, 0.15) is 13.8 Å². The normalized spacial score (nSPS) is 13.6. The summed E-state index contributed by atoms with van der Waals surface area (Å²) in [4.78, 5) is 9.72. The van der Waals surface area contributed by atoms with Crippen molar-refractivity contribution in [3.63, 3.8) is 0 Å². The van der Waals surface area contributed by atoms with E-state index < -0.39 is 12.3 Å². The van der Waals surface area contributed by atoms with Crippen molar-refractivity contribution in [2.75, 3.05) is 0 Å². The van der Waals surface area contributed by atoms with Gasteiger partial charge in [0.15, 0.2) is 0 Å². The molecule has 0 aromatic carbocycles. The Morgan fingerprint density at radius 3 is 2.56 bits per heavy atom. The minimum Gasteiger partial charge on any atom is -0.425 e. The summed E-state index contributed by atoms with van der Waals surface area (Å²) in [6, 6.07) is 0. The monoisotopic (exact) mass is 129 g/mol. The summed E-state index contributed by atoms with van der Waals surface area (Å²) in [6.07, 6.45) is 1.45. The predicted octanol–water partition coefficient (Wildman–Crippen LogP) is 1.52. The Morgan fingerprint density at radius 1 is 1.67 bits per heavy atom. The van der Waals surface area contributed by atoms with E-state index in [1.807, 2.05) is 0 Å². The first-order chi connectivity index (χ1) is 4.16. The maximum absolute atomic E-state index is 9.72. The zero-order valence-electron chi connectivity index (χ0n) is 5.46. The van der Waals surface area contributed by atoms with Gasteiger partial charge in [0.25, 0.3) is 0 Å². The molecule has 0 fully saturated rings. The van der Waals surface area contributed by atoms with Crippen LogP contribution in [-0.2, 0) is 9.84 Å². The van der Waals surface area contributed by atoms with Crippen LogP contribution in [0.15, 0.2) is 12.2 Å². The molecule has 1 atom stereocenters. The van der Waals surface area contributed by atoms with Crippen LogP contribution in [0.5, 0.6) is 0 Å². The van der Waals surface area contributed by atoms with Gasteiger partial charge in [0.1, 0.15) is 6.10 Å². The first-order valence-corrected chi connectivity index (χ1v) is 2.67. The van der Waals surface area contributed by atoms with Crippen LogP contribution in [-0.4, -0.2) is 12.3 Å². The molecule has 51 valence electrons. The third-order valence-corrected chi connectivity index (χ3v) is 0.746. The predicted molar refractivity (Wildman–Crippen MR) is 31.4 cm³/mol. The molecule has 0 heterocycles. The molecule has 0 amide bonds. The van der Waals surface area contributed by atoms with E-state index in [9.17, 15) is 9.90 Å². The third kappa shape index (κ3) is 4.87. The molecule has 0 aromatic heterocycles. The number of rotatable bonds is 2. The SMILES string of the molecule is C/C=C/C(C)OC([O])=O. The van der Waals surface area contributed by atoms with Gasteiger partial charge in [-0.1, -0.05) is 6.08 Å². The van der Waals surface area contributed by atoms with E-state index in [1.165, 1.54) is 0 Å². The van der Waals surface area contributed by atoms with E-state index in [0.29, 0.717) is 0 Å². The molecule has 3 nitrogen and oxygen atoms in total. The van der Waals surface area contributed by atoms with Gasteiger partial charge in [0.05, 0.1) is 0 Å². The second-order valence-electron chi connectivity index (χ2n) is 1.60. The fourth-order valence-electron chi connectivity index (χ4n) is 0.462. The Balaban J connectivity index is 3.50. The van der Waals surface area contributed by atoms with Crippen molar-refractivity contribution in [3.8, 4) is 0 Å². The lowest BCUT2D eigenvalue weighted by molar-refractivity contribution is 0.0529. The summed E-state index contributed by atoms with van der Waals surface area (Å²) in [5.74, 6) is 0. The lowest BCUT2D eigenvalue weighted by Gasteiger charge is -2.00. The van der Waals surface area contributed by atoms with E-state index in [-0.39, 0.29) is 0 Å². The fraction of sp³-hybridized carbons (Fsp3) is 0.500. The number of hydrogen-bond donors (Lipinski definition) is 0. The summed E-state index contributed by atoms with van der Waals surface area (Å²) >= 11 is 0. The van der Waals surface area contributed by atoms with Crippen LogP contribution in [0.4, 0.5) is 4.79 Å². The minimum atomic E-state index is -1.49. The Kier molecular flexibility index (Phi) is 3.51. The van der Waals surface area contributed by atoms with Gasteiger partial charge in [-0.3, -0.25) is 0 Å². The molecular weight excluding hydrogens is 120 g/mol. The maximum atomic E-state index is 9.72. The van der Waals surface area contributed by atoms with Crippen molar-refractivity contribution in [3.05, 3.63) is 12.2 Å². The van der Waals surface area contributed by atoms with E-state index >= 15 is 0 Å². The van der Waals surface area contributed by atoms with Gasteiger partial charge in [-0.15, -0.1) is 0 Å². The topological polar surface area (TPSA) is 46.2 Å². The van der Waals surface area contributed by atoms with E-state index in [0.717, 1.165) is 0 Å².